The predicted octanol–water partition coefficient (Wildman–Crippen LogP) is 3.22. The lowest BCUT2D eigenvalue weighted by atomic mass is 10.2. The van der Waals surface area contributed by atoms with Gasteiger partial charge in [0.1, 0.15) is 11.5 Å². The Morgan fingerprint density at radius 3 is 2.79 bits per heavy atom. The van der Waals surface area contributed by atoms with Crippen molar-refractivity contribution in [2.24, 2.45) is 0 Å². The second-order valence-electron chi connectivity index (χ2n) is 7.31. The zero-order chi connectivity index (χ0) is 23.4. The van der Waals surface area contributed by atoms with Crippen LogP contribution >= 0.6 is 23.8 Å². The molecule has 33 heavy (non-hydrogen) atoms. The number of rotatable bonds is 6. The maximum atomic E-state index is 14.0. The standard InChI is InChI=1S/C21H23ClFN7O2S/c1-2-30-19(20(31)28-8-10-32-11-9-28)17(12-24-30)25-21(33)26-18-6-7-29(27-18)13-14-15(22)4-3-5-16(14)23/h3-7,12H,2,8-11,13H2,1H3,(H2,25,26,27,33). The third-order valence-corrected chi connectivity index (χ3v) is 5.71. The first-order chi connectivity index (χ1) is 16.0. The van der Waals surface area contributed by atoms with Crippen LogP contribution in [0.5, 0.6) is 0 Å². The number of nitrogens with zero attached hydrogens (tertiary/aromatic N) is 5. The van der Waals surface area contributed by atoms with Gasteiger partial charge in [-0.05, 0) is 31.3 Å². The average Bonchev–Trinajstić information content (AvgIpc) is 3.42. The number of hydrogen-bond donors (Lipinski definition) is 2. The molecule has 9 nitrogen and oxygen atoms in total. The van der Waals surface area contributed by atoms with Gasteiger partial charge < -0.3 is 20.3 Å². The molecule has 12 heteroatoms. The minimum Gasteiger partial charge on any atom is -0.378 e. The largest absolute Gasteiger partial charge is 0.378 e. The van der Waals surface area contributed by atoms with E-state index < -0.39 is 5.82 Å². The number of aromatic nitrogens is 4. The van der Waals surface area contributed by atoms with Gasteiger partial charge in [0.05, 0.1) is 31.6 Å². The van der Waals surface area contributed by atoms with E-state index in [9.17, 15) is 9.18 Å². The van der Waals surface area contributed by atoms with Gasteiger partial charge >= 0.3 is 0 Å². The van der Waals surface area contributed by atoms with Crippen LogP contribution in [-0.4, -0.2) is 61.8 Å². The highest BCUT2D eigenvalue weighted by Gasteiger charge is 2.25. The van der Waals surface area contributed by atoms with Gasteiger partial charge in [-0.15, -0.1) is 0 Å². The first-order valence-electron chi connectivity index (χ1n) is 10.4. The molecule has 0 bridgehead atoms. The van der Waals surface area contributed by atoms with E-state index in [1.807, 2.05) is 6.92 Å². The van der Waals surface area contributed by atoms with Crippen LogP contribution < -0.4 is 10.6 Å². The van der Waals surface area contributed by atoms with Crippen LogP contribution in [0.15, 0.2) is 36.7 Å². The molecule has 3 heterocycles. The van der Waals surface area contributed by atoms with E-state index in [1.54, 1.807) is 44.9 Å². The van der Waals surface area contributed by atoms with Crippen molar-refractivity contribution in [2.45, 2.75) is 20.0 Å². The highest BCUT2D eigenvalue weighted by molar-refractivity contribution is 7.80. The molecule has 1 aliphatic rings. The van der Waals surface area contributed by atoms with Crippen LogP contribution in [0.4, 0.5) is 15.9 Å². The SMILES string of the molecule is CCn1ncc(NC(=S)Nc2ccn(Cc3c(F)cccc3Cl)n2)c1C(=O)N1CCOCC1. The zero-order valence-electron chi connectivity index (χ0n) is 17.9. The highest BCUT2D eigenvalue weighted by atomic mass is 35.5. The molecule has 0 aliphatic carbocycles. The molecule has 174 valence electrons. The fraction of sp³-hybridized carbons (Fsp3) is 0.333. The number of halogens is 2. The second-order valence-corrected chi connectivity index (χ2v) is 8.12. The summed E-state index contributed by atoms with van der Waals surface area (Å²) >= 11 is 11.5. The molecule has 1 saturated heterocycles. The number of morpholine rings is 1. The van der Waals surface area contributed by atoms with Crippen molar-refractivity contribution >= 4 is 46.3 Å². The van der Waals surface area contributed by atoms with Crippen molar-refractivity contribution in [1.82, 2.24) is 24.5 Å². The number of amides is 1. The summed E-state index contributed by atoms with van der Waals surface area (Å²) in [5.41, 5.74) is 1.29. The molecule has 1 amide bonds. The molecule has 0 atom stereocenters. The van der Waals surface area contributed by atoms with E-state index in [0.29, 0.717) is 60.6 Å². The molecule has 0 saturated carbocycles. The summed E-state index contributed by atoms with van der Waals surface area (Å²) in [6.07, 6.45) is 3.26. The number of anilines is 2. The number of thiocarbonyl (C=S) groups is 1. The quantitative estimate of drug-likeness (QED) is 0.512. The van der Waals surface area contributed by atoms with Crippen molar-refractivity contribution < 1.29 is 13.9 Å². The summed E-state index contributed by atoms with van der Waals surface area (Å²) in [5, 5.41) is 15.3. The highest BCUT2D eigenvalue weighted by Crippen LogP contribution is 2.21. The van der Waals surface area contributed by atoms with Crippen LogP contribution in [0.3, 0.4) is 0 Å². The van der Waals surface area contributed by atoms with Gasteiger partial charge in [0.2, 0.25) is 0 Å². The fourth-order valence-corrected chi connectivity index (χ4v) is 3.93. The van der Waals surface area contributed by atoms with E-state index in [0.717, 1.165) is 0 Å². The van der Waals surface area contributed by atoms with Crippen LogP contribution in [0.1, 0.15) is 23.0 Å². The maximum Gasteiger partial charge on any atom is 0.274 e. The minimum atomic E-state index is -0.393. The molecule has 4 rings (SSSR count). The van der Waals surface area contributed by atoms with Crippen molar-refractivity contribution in [3.63, 3.8) is 0 Å². The molecule has 3 aromatic rings. The number of ether oxygens (including phenoxy) is 1. The summed E-state index contributed by atoms with van der Waals surface area (Å²) in [5.74, 6) is -0.0620. The second kappa shape index (κ2) is 10.3. The topological polar surface area (TPSA) is 89.2 Å². The van der Waals surface area contributed by atoms with E-state index in [4.69, 9.17) is 28.6 Å². The lowest BCUT2D eigenvalue weighted by Gasteiger charge is -2.27. The number of carbonyl (C=O) groups excluding carboxylic acids is 1. The van der Waals surface area contributed by atoms with E-state index in [-0.39, 0.29) is 17.6 Å². The van der Waals surface area contributed by atoms with Crippen LogP contribution in [0, 0.1) is 5.82 Å². The lowest BCUT2D eigenvalue weighted by molar-refractivity contribution is 0.0295. The third kappa shape index (κ3) is 5.32. The minimum absolute atomic E-state index is 0.131. The molecule has 1 fully saturated rings. The first kappa shape index (κ1) is 23.1. The monoisotopic (exact) mass is 491 g/mol. The van der Waals surface area contributed by atoms with Crippen LogP contribution in [0.2, 0.25) is 5.02 Å². The van der Waals surface area contributed by atoms with E-state index >= 15 is 0 Å². The molecule has 1 aliphatic heterocycles. The fourth-order valence-electron chi connectivity index (χ4n) is 3.49. The Balaban J connectivity index is 1.43. The maximum absolute atomic E-state index is 14.0. The summed E-state index contributed by atoms with van der Waals surface area (Å²) in [4.78, 5) is 14.8. The molecule has 0 radical (unpaired) electrons. The Hall–Kier alpha value is -3.02. The Morgan fingerprint density at radius 2 is 2.06 bits per heavy atom. The molecular formula is C21H23ClFN7O2S. The van der Waals surface area contributed by atoms with Crippen molar-refractivity contribution in [1.29, 1.82) is 0 Å². The normalized spacial score (nSPS) is 13.7. The van der Waals surface area contributed by atoms with Gasteiger partial charge in [0.25, 0.3) is 5.91 Å². The number of hydrogen-bond acceptors (Lipinski definition) is 5. The van der Waals surface area contributed by atoms with E-state index in [2.05, 4.69) is 20.8 Å². The number of aryl methyl sites for hydroxylation is 1. The Morgan fingerprint density at radius 1 is 1.27 bits per heavy atom. The lowest BCUT2D eigenvalue weighted by Crippen LogP contribution is -2.41. The average molecular weight is 492 g/mol. The van der Waals surface area contributed by atoms with Gasteiger partial charge in [-0.2, -0.15) is 10.2 Å². The van der Waals surface area contributed by atoms with Gasteiger partial charge in [0, 0.05) is 42.5 Å². The van der Waals surface area contributed by atoms with Gasteiger partial charge in [-0.1, -0.05) is 17.7 Å². The van der Waals surface area contributed by atoms with Gasteiger partial charge in [-0.3, -0.25) is 14.2 Å². The molecular weight excluding hydrogens is 469 g/mol. The Bertz CT molecular complexity index is 1140. The summed E-state index contributed by atoms with van der Waals surface area (Å²) in [6.45, 7) is 4.70. The number of nitrogens with one attached hydrogen (secondary N) is 2. The number of benzene rings is 1. The van der Waals surface area contributed by atoms with Crippen LogP contribution in [0.25, 0.3) is 0 Å². The molecule has 1 aromatic carbocycles. The summed E-state index contributed by atoms with van der Waals surface area (Å²) in [6, 6.07) is 6.25. The smallest absolute Gasteiger partial charge is 0.274 e. The van der Waals surface area contributed by atoms with Gasteiger partial charge in [0.15, 0.2) is 10.9 Å². The third-order valence-electron chi connectivity index (χ3n) is 5.15. The van der Waals surface area contributed by atoms with Gasteiger partial charge in [-0.25, -0.2) is 4.39 Å². The molecule has 2 N–H and O–H groups in total. The zero-order valence-corrected chi connectivity index (χ0v) is 19.5. The van der Waals surface area contributed by atoms with Crippen molar-refractivity contribution in [3.8, 4) is 0 Å². The molecule has 2 aromatic heterocycles. The van der Waals surface area contributed by atoms with Crippen LogP contribution in [-0.2, 0) is 17.8 Å². The molecule has 0 spiro atoms. The Kier molecular flexibility index (Phi) is 7.21. The van der Waals surface area contributed by atoms with Crippen molar-refractivity contribution in [3.05, 3.63) is 58.8 Å². The molecule has 0 unspecified atom stereocenters. The predicted molar refractivity (Wildman–Crippen MR) is 127 cm³/mol. The summed E-state index contributed by atoms with van der Waals surface area (Å²) in [7, 11) is 0. The van der Waals surface area contributed by atoms with Crippen molar-refractivity contribution in [2.75, 3.05) is 36.9 Å². The Labute approximate surface area is 200 Å². The number of carbonyl (C=O) groups is 1. The summed E-state index contributed by atoms with van der Waals surface area (Å²) < 4.78 is 22.6. The van der Waals surface area contributed by atoms with E-state index in [1.165, 1.54) is 6.07 Å². The first-order valence-corrected chi connectivity index (χ1v) is 11.2.